The van der Waals surface area contributed by atoms with Gasteiger partial charge in [-0.2, -0.15) is 0 Å². The van der Waals surface area contributed by atoms with Crippen LogP contribution in [-0.4, -0.2) is 0 Å². The van der Waals surface area contributed by atoms with Crippen LogP contribution in [0.25, 0.3) is 0 Å². The van der Waals surface area contributed by atoms with Crippen LogP contribution in [-0.2, 0) is 0 Å². The molecular formula is C14H11BrCl3N. The van der Waals surface area contributed by atoms with Crippen LogP contribution >= 0.6 is 50.7 Å². The Kier molecular flexibility index (Phi) is 5.02. The Morgan fingerprint density at radius 3 is 2.37 bits per heavy atom. The summed E-state index contributed by atoms with van der Waals surface area (Å²) in [6, 6.07) is 11.2. The maximum atomic E-state index is 6.18. The topological polar surface area (TPSA) is 12.0 Å². The molecule has 2 rings (SSSR count). The predicted molar refractivity (Wildman–Crippen MR) is 87.7 cm³/mol. The number of hydrogen-bond donors (Lipinski definition) is 1. The van der Waals surface area contributed by atoms with Crippen molar-refractivity contribution in [3.05, 3.63) is 61.5 Å². The summed E-state index contributed by atoms with van der Waals surface area (Å²) >= 11 is 21.5. The van der Waals surface area contributed by atoms with E-state index in [4.69, 9.17) is 34.8 Å². The molecule has 5 heteroatoms. The van der Waals surface area contributed by atoms with Gasteiger partial charge in [-0.1, -0.05) is 34.8 Å². The lowest BCUT2D eigenvalue weighted by Gasteiger charge is -2.17. The molecule has 0 saturated heterocycles. The van der Waals surface area contributed by atoms with Crippen molar-refractivity contribution in [3.63, 3.8) is 0 Å². The van der Waals surface area contributed by atoms with Crippen LogP contribution in [0.3, 0.4) is 0 Å². The Balaban J connectivity index is 2.22. The van der Waals surface area contributed by atoms with Gasteiger partial charge < -0.3 is 5.32 Å². The molecule has 1 nitrogen and oxygen atoms in total. The largest absolute Gasteiger partial charge is 0.378 e. The second kappa shape index (κ2) is 6.36. The van der Waals surface area contributed by atoms with Gasteiger partial charge in [0.25, 0.3) is 0 Å². The van der Waals surface area contributed by atoms with Crippen LogP contribution in [0, 0.1) is 0 Å². The van der Waals surface area contributed by atoms with Gasteiger partial charge in [-0.3, -0.25) is 0 Å². The minimum Gasteiger partial charge on any atom is -0.378 e. The number of benzene rings is 2. The van der Waals surface area contributed by atoms with E-state index in [-0.39, 0.29) is 6.04 Å². The maximum Gasteiger partial charge on any atom is 0.0549 e. The van der Waals surface area contributed by atoms with Crippen LogP contribution in [0.4, 0.5) is 5.69 Å². The van der Waals surface area contributed by atoms with Crippen molar-refractivity contribution >= 4 is 56.4 Å². The van der Waals surface area contributed by atoms with Gasteiger partial charge in [-0.15, -0.1) is 0 Å². The van der Waals surface area contributed by atoms with Crippen molar-refractivity contribution in [2.45, 2.75) is 13.0 Å². The number of anilines is 1. The number of hydrogen-bond acceptors (Lipinski definition) is 1. The zero-order valence-corrected chi connectivity index (χ0v) is 13.9. The molecule has 0 aliphatic carbocycles. The summed E-state index contributed by atoms with van der Waals surface area (Å²) in [6.45, 7) is 2.03. The van der Waals surface area contributed by atoms with E-state index >= 15 is 0 Å². The van der Waals surface area contributed by atoms with E-state index in [9.17, 15) is 0 Å². The maximum absolute atomic E-state index is 6.18. The van der Waals surface area contributed by atoms with Gasteiger partial charge in [0.15, 0.2) is 0 Å². The molecule has 1 atom stereocenters. The summed E-state index contributed by atoms with van der Waals surface area (Å²) < 4.78 is 0.851. The second-order valence-corrected chi connectivity index (χ2v) is 6.27. The first-order valence-corrected chi connectivity index (χ1v) is 7.56. The molecule has 0 aliphatic heterocycles. The Morgan fingerprint density at radius 1 is 1.00 bits per heavy atom. The van der Waals surface area contributed by atoms with Crippen molar-refractivity contribution in [3.8, 4) is 0 Å². The Labute approximate surface area is 136 Å². The van der Waals surface area contributed by atoms with E-state index in [0.717, 1.165) is 15.7 Å². The number of rotatable bonds is 3. The van der Waals surface area contributed by atoms with Gasteiger partial charge in [0, 0.05) is 20.2 Å². The molecule has 0 heterocycles. The van der Waals surface area contributed by atoms with E-state index < -0.39 is 0 Å². The second-order valence-electron chi connectivity index (χ2n) is 4.16. The molecule has 19 heavy (non-hydrogen) atoms. The predicted octanol–water partition coefficient (Wildman–Crippen LogP) is 6.58. The number of nitrogens with one attached hydrogen (secondary N) is 1. The summed E-state index contributed by atoms with van der Waals surface area (Å²) in [5, 5.41) is 5.41. The Morgan fingerprint density at radius 2 is 1.68 bits per heavy atom. The zero-order chi connectivity index (χ0) is 14.0. The van der Waals surface area contributed by atoms with Crippen molar-refractivity contribution in [2.24, 2.45) is 0 Å². The molecule has 0 fully saturated rings. The summed E-state index contributed by atoms with van der Waals surface area (Å²) in [6.07, 6.45) is 0. The molecule has 0 aliphatic rings. The quantitative estimate of drug-likeness (QED) is 0.635. The van der Waals surface area contributed by atoms with Crippen molar-refractivity contribution in [1.82, 2.24) is 0 Å². The number of halogens is 4. The zero-order valence-electron chi connectivity index (χ0n) is 10.1. The minimum absolute atomic E-state index is 0.0410. The highest BCUT2D eigenvalue weighted by atomic mass is 79.9. The molecule has 0 aromatic heterocycles. The average molecular weight is 380 g/mol. The fourth-order valence-electron chi connectivity index (χ4n) is 1.76. The molecule has 100 valence electrons. The third-order valence-electron chi connectivity index (χ3n) is 2.73. The fourth-order valence-corrected chi connectivity index (χ4v) is 2.72. The van der Waals surface area contributed by atoms with E-state index in [1.54, 1.807) is 12.1 Å². The van der Waals surface area contributed by atoms with Crippen molar-refractivity contribution in [2.75, 3.05) is 5.32 Å². The van der Waals surface area contributed by atoms with E-state index in [1.807, 2.05) is 31.2 Å². The van der Waals surface area contributed by atoms with E-state index in [1.165, 1.54) is 0 Å². The van der Waals surface area contributed by atoms with Crippen LogP contribution in [0.15, 0.2) is 40.9 Å². The van der Waals surface area contributed by atoms with Crippen LogP contribution < -0.4 is 5.32 Å². The third-order valence-corrected chi connectivity index (χ3v) is 4.52. The highest BCUT2D eigenvalue weighted by molar-refractivity contribution is 9.10. The first-order chi connectivity index (χ1) is 8.97. The van der Waals surface area contributed by atoms with Crippen molar-refractivity contribution < 1.29 is 0 Å². The van der Waals surface area contributed by atoms with Gasteiger partial charge in [0.05, 0.1) is 11.1 Å². The average Bonchev–Trinajstić information content (AvgIpc) is 2.36. The summed E-state index contributed by atoms with van der Waals surface area (Å²) in [7, 11) is 0. The lowest BCUT2D eigenvalue weighted by molar-refractivity contribution is 0.885. The SMILES string of the molecule is CC(Nc1ccc(Cl)c(Br)c1)c1cc(Cl)ccc1Cl. The molecule has 2 aromatic rings. The molecule has 0 radical (unpaired) electrons. The molecule has 1 unspecified atom stereocenters. The summed E-state index contributed by atoms with van der Waals surface area (Å²) in [5.74, 6) is 0. The normalized spacial score (nSPS) is 12.3. The lowest BCUT2D eigenvalue weighted by Crippen LogP contribution is -2.07. The smallest absolute Gasteiger partial charge is 0.0549 e. The molecular weight excluding hydrogens is 368 g/mol. The highest BCUT2D eigenvalue weighted by Crippen LogP contribution is 2.31. The van der Waals surface area contributed by atoms with E-state index in [0.29, 0.717) is 15.1 Å². The summed E-state index contributed by atoms with van der Waals surface area (Å²) in [5.41, 5.74) is 1.92. The standard InChI is InChI=1S/C14H11BrCl3N/c1-8(11-6-9(16)2-4-13(11)17)19-10-3-5-14(18)12(15)7-10/h2-8,19H,1H3. The fraction of sp³-hybridized carbons (Fsp3) is 0.143. The monoisotopic (exact) mass is 377 g/mol. The van der Waals surface area contributed by atoms with Gasteiger partial charge in [0.1, 0.15) is 0 Å². The molecule has 0 bridgehead atoms. The molecule has 0 amide bonds. The summed E-state index contributed by atoms with van der Waals surface area (Å²) in [4.78, 5) is 0. The van der Waals surface area contributed by atoms with Gasteiger partial charge in [-0.05, 0) is 64.8 Å². The minimum atomic E-state index is 0.0410. The molecule has 2 aromatic carbocycles. The highest BCUT2D eigenvalue weighted by Gasteiger charge is 2.11. The molecule has 0 spiro atoms. The van der Waals surface area contributed by atoms with E-state index in [2.05, 4.69) is 21.2 Å². The third kappa shape index (κ3) is 3.79. The van der Waals surface area contributed by atoms with Gasteiger partial charge in [0.2, 0.25) is 0 Å². The van der Waals surface area contributed by atoms with Crippen LogP contribution in [0.2, 0.25) is 15.1 Å². The molecule has 0 saturated carbocycles. The van der Waals surface area contributed by atoms with Gasteiger partial charge >= 0.3 is 0 Å². The van der Waals surface area contributed by atoms with Crippen LogP contribution in [0.5, 0.6) is 0 Å². The van der Waals surface area contributed by atoms with Crippen LogP contribution in [0.1, 0.15) is 18.5 Å². The lowest BCUT2D eigenvalue weighted by atomic mass is 10.1. The molecule has 1 N–H and O–H groups in total. The Bertz CT molecular complexity index is 601. The van der Waals surface area contributed by atoms with Gasteiger partial charge in [-0.25, -0.2) is 0 Å². The van der Waals surface area contributed by atoms with Crippen molar-refractivity contribution in [1.29, 1.82) is 0 Å². The Hall–Kier alpha value is -0.410. The first kappa shape index (κ1) is 15.0. The first-order valence-electron chi connectivity index (χ1n) is 5.64.